The summed E-state index contributed by atoms with van der Waals surface area (Å²) in [6.07, 6.45) is 2.42. The highest BCUT2D eigenvalue weighted by Crippen LogP contribution is 2.31. The van der Waals surface area contributed by atoms with Crippen molar-refractivity contribution in [2.24, 2.45) is 7.05 Å². The monoisotopic (exact) mass is 409 g/mol. The minimum Gasteiger partial charge on any atom is -0.384 e. The molecule has 0 aromatic carbocycles. The normalized spacial score (nSPS) is 11.6. The lowest BCUT2D eigenvalue weighted by molar-refractivity contribution is 0.633. The van der Waals surface area contributed by atoms with Crippen LogP contribution >= 0.6 is 22.7 Å². The number of rotatable bonds is 4. The largest absolute Gasteiger partial charge is 0.384 e. The molecule has 5 aromatic rings. The maximum Gasteiger partial charge on any atom is 0.291 e. The Balaban J connectivity index is 1.59. The minimum absolute atomic E-state index is 0.171. The average Bonchev–Trinajstić information content (AvgIpc) is 3.37. The number of pyridine rings is 1. The maximum absolute atomic E-state index is 13.0. The number of hydrogen-bond acceptors (Lipinski definition) is 8. The first kappa shape index (κ1) is 17.0. The Labute approximate surface area is 166 Å². The van der Waals surface area contributed by atoms with E-state index in [1.54, 1.807) is 34.9 Å². The van der Waals surface area contributed by atoms with Crippen molar-refractivity contribution in [1.29, 1.82) is 0 Å². The molecule has 0 aliphatic heterocycles. The molecule has 28 heavy (non-hydrogen) atoms. The number of nitrogens with zero attached hydrogens (tertiary/aromatic N) is 6. The van der Waals surface area contributed by atoms with Crippen LogP contribution in [0.15, 0.2) is 40.1 Å². The molecule has 8 nitrogen and oxygen atoms in total. The summed E-state index contributed by atoms with van der Waals surface area (Å²) < 4.78 is 4.23. The third-order valence-corrected chi connectivity index (χ3v) is 6.24. The van der Waals surface area contributed by atoms with Gasteiger partial charge >= 0.3 is 0 Å². The van der Waals surface area contributed by atoms with Gasteiger partial charge in [0.15, 0.2) is 5.65 Å². The molecule has 0 fully saturated rings. The van der Waals surface area contributed by atoms with E-state index in [0.717, 1.165) is 26.4 Å². The topological polar surface area (TPSA) is 105 Å². The minimum atomic E-state index is -0.171. The van der Waals surface area contributed by atoms with Crippen LogP contribution in [0.1, 0.15) is 16.4 Å². The van der Waals surface area contributed by atoms with Crippen molar-refractivity contribution in [3.63, 3.8) is 0 Å². The zero-order valence-corrected chi connectivity index (χ0v) is 16.5. The van der Waals surface area contributed by atoms with E-state index in [1.807, 2.05) is 34.6 Å². The third kappa shape index (κ3) is 2.77. The summed E-state index contributed by atoms with van der Waals surface area (Å²) in [5.41, 5.74) is 10.5. The Bertz CT molecular complexity index is 1360. The van der Waals surface area contributed by atoms with Crippen LogP contribution in [0.4, 0.5) is 5.82 Å². The number of nitrogens with two attached hydrogens (primary N) is 1. The highest BCUT2D eigenvalue weighted by molar-refractivity contribution is 7.19. The maximum atomic E-state index is 13.0. The summed E-state index contributed by atoms with van der Waals surface area (Å²) in [6.45, 7) is 0.265. The van der Waals surface area contributed by atoms with Crippen LogP contribution in [0.3, 0.4) is 0 Å². The van der Waals surface area contributed by atoms with Gasteiger partial charge in [-0.3, -0.25) is 4.79 Å². The van der Waals surface area contributed by atoms with Crippen LogP contribution in [0.2, 0.25) is 0 Å². The molecule has 0 spiro atoms. The van der Waals surface area contributed by atoms with Crippen molar-refractivity contribution >= 4 is 49.7 Å². The number of nitrogen functional groups attached to an aromatic ring is 1. The second kappa shape index (κ2) is 6.50. The van der Waals surface area contributed by atoms with E-state index >= 15 is 0 Å². The number of aryl methyl sites for hydroxylation is 1. The molecule has 0 bridgehead atoms. The third-order valence-electron chi connectivity index (χ3n) is 4.53. The van der Waals surface area contributed by atoms with Gasteiger partial charge < -0.3 is 10.3 Å². The molecule has 5 aromatic heterocycles. The Kier molecular flexibility index (Phi) is 3.95. The molecule has 140 valence electrons. The van der Waals surface area contributed by atoms with E-state index in [4.69, 9.17) is 10.7 Å². The van der Waals surface area contributed by atoms with Crippen molar-refractivity contribution < 1.29 is 0 Å². The highest BCUT2D eigenvalue weighted by Gasteiger charge is 2.18. The van der Waals surface area contributed by atoms with Gasteiger partial charge in [-0.2, -0.15) is 5.10 Å². The van der Waals surface area contributed by atoms with Crippen molar-refractivity contribution in [2.75, 3.05) is 5.73 Å². The fourth-order valence-corrected chi connectivity index (χ4v) is 4.92. The molecule has 0 aliphatic carbocycles. The van der Waals surface area contributed by atoms with Gasteiger partial charge in [0.25, 0.3) is 5.56 Å². The molecule has 0 amide bonds. The fraction of sp³-hybridized carbons (Fsp3) is 0.167. The first-order valence-electron chi connectivity index (χ1n) is 8.52. The lowest BCUT2D eigenvalue weighted by Gasteiger charge is -2.05. The predicted octanol–water partition coefficient (Wildman–Crippen LogP) is 2.42. The number of hydrogen-bond donors (Lipinski definition) is 1. The van der Waals surface area contributed by atoms with Gasteiger partial charge in [0.2, 0.25) is 0 Å². The Morgan fingerprint density at radius 2 is 2.11 bits per heavy atom. The number of thiazole rings is 2. The lowest BCUT2D eigenvalue weighted by atomic mass is 10.3. The summed E-state index contributed by atoms with van der Waals surface area (Å²) in [5.74, 6) is 0.419. The van der Waals surface area contributed by atoms with Crippen LogP contribution in [0.25, 0.3) is 21.3 Å². The molecule has 10 heteroatoms. The first-order chi connectivity index (χ1) is 13.6. The molecule has 0 saturated carbocycles. The first-order valence-corrected chi connectivity index (χ1v) is 10.3. The van der Waals surface area contributed by atoms with Gasteiger partial charge in [0, 0.05) is 24.2 Å². The summed E-state index contributed by atoms with van der Waals surface area (Å²) in [4.78, 5) is 26.3. The van der Waals surface area contributed by atoms with E-state index in [1.165, 1.54) is 4.68 Å². The van der Waals surface area contributed by atoms with Crippen LogP contribution < -0.4 is 11.3 Å². The van der Waals surface area contributed by atoms with Gasteiger partial charge in [-0.1, -0.05) is 6.07 Å². The van der Waals surface area contributed by atoms with E-state index in [-0.39, 0.29) is 12.1 Å². The van der Waals surface area contributed by atoms with E-state index in [9.17, 15) is 4.79 Å². The Hall–Kier alpha value is -3.11. The average molecular weight is 410 g/mol. The van der Waals surface area contributed by atoms with Crippen LogP contribution in [-0.2, 0) is 20.0 Å². The Morgan fingerprint density at radius 1 is 1.21 bits per heavy atom. The zero-order chi connectivity index (χ0) is 19.3. The summed E-state index contributed by atoms with van der Waals surface area (Å²) in [5, 5.41) is 8.17. The number of aromatic nitrogens is 6. The van der Waals surface area contributed by atoms with Crippen LogP contribution in [-0.4, -0.2) is 29.3 Å². The number of anilines is 1. The molecule has 2 N–H and O–H groups in total. The molecular formula is C18H15N7OS2. The van der Waals surface area contributed by atoms with Crippen molar-refractivity contribution in [3.05, 3.63) is 62.0 Å². The predicted molar refractivity (Wildman–Crippen MR) is 111 cm³/mol. The molecule has 5 heterocycles. The van der Waals surface area contributed by atoms with Crippen molar-refractivity contribution in [2.45, 2.75) is 13.0 Å². The SMILES string of the molecule is Cn1c2nc(Cc3cscn3)sc2c2cnn(Cc3cccc(N)n3)c(=O)c21. The zero-order valence-electron chi connectivity index (χ0n) is 14.9. The summed E-state index contributed by atoms with van der Waals surface area (Å²) >= 11 is 3.15. The van der Waals surface area contributed by atoms with Gasteiger partial charge in [-0.05, 0) is 12.1 Å². The molecule has 0 radical (unpaired) electrons. The van der Waals surface area contributed by atoms with Gasteiger partial charge in [-0.25, -0.2) is 19.6 Å². The Morgan fingerprint density at radius 3 is 2.89 bits per heavy atom. The van der Waals surface area contributed by atoms with Gasteiger partial charge in [0.1, 0.15) is 16.3 Å². The quantitative estimate of drug-likeness (QED) is 0.489. The van der Waals surface area contributed by atoms with Crippen LogP contribution in [0.5, 0.6) is 0 Å². The van der Waals surface area contributed by atoms with Gasteiger partial charge in [-0.15, -0.1) is 22.7 Å². The molecular weight excluding hydrogens is 394 g/mol. The van der Waals surface area contributed by atoms with Gasteiger partial charge in [0.05, 0.1) is 34.3 Å². The standard InChI is InChI=1S/C18H15N7OS2/c1-24-15-12(16-17(24)23-14(28-16)5-11-8-27-9-20-11)6-21-25(18(15)26)7-10-3-2-4-13(19)22-10/h2-4,6,8-9H,5,7H2,1H3,(H2,19,22). The van der Waals surface area contributed by atoms with E-state index in [0.29, 0.717) is 23.4 Å². The smallest absolute Gasteiger partial charge is 0.291 e. The van der Waals surface area contributed by atoms with Crippen molar-refractivity contribution in [1.82, 2.24) is 29.3 Å². The molecule has 5 rings (SSSR count). The van der Waals surface area contributed by atoms with E-state index in [2.05, 4.69) is 15.1 Å². The lowest BCUT2D eigenvalue weighted by Crippen LogP contribution is -2.25. The summed E-state index contributed by atoms with van der Waals surface area (Å²) in [6, 6.07) is 5.35. The number of fused-ring (bicyclic) bond motifs is 3. The van der Waals surface area contributed by atoms with E-state index < -0.39 is 0 Å². The fourth-order valence-electron chi connectivity index (χ4n) is 3.24. The second-order valence-electron chi connectivity index (χ2n) is 6.40. The molecule has 0 unspecified atom stereocenters. The van der Waals surface area contributed by atoms with Crippen LogP contribution in [0, 0.1) is 0 Å². The highest BCUT2D eigenvalue weighted by atomic mass is 32.1. The molecule has 0 aliphatic rings. The van der Waals surface area contributed by atoms with Crippen molar-refractivity contribution in [3.8, 4) is 0 Å². The molecule has 0 atom stereocenters. The molecule has 0 saturated heterocycles. The summed E-state index contributed by atoms with van der Waals surface area (Å²) in [7, 11) is 1.86. The second-order valence-corrected chi connectivity index (χ2v) is 8.20.